The Bertz CT molecular complexity index is 581. The summed E-state index contributed by atoms with van der Waals surface area (Å²) in [5.74, 6) is 0.460. The number of phenols is 1. The van der Waals surface area contributed by atoms with E-state index in [2.05, 4.69) is 4.98 Å². The Kier molecular flexibility index (Phi) is 4.13. The van der Waals surface area contributed by atoms with Gasteiger partial charge in [0.15, 0.2) is 5.78 Å². The quantitative estimate of drug-likeness (QED) is 0.836. The SMILES string of the molecule is COc1cccc(CCC(=O)c2ccccc2O)n1. The van der Waals surface area contributed by atoms with Crippen LogP contribution in [0.15, 0.2) is 42.5 Å². The predicted octanol–water partition coefficient (Wildman–Crippen LogP) is 2.61. The van der Waals surface area contributed by atoms with E-state index in [1.807, 2.05) is 12.1 Å². The van der Waals surface area contributed by atoms with Crippen LogP contribution in [0.4, 0.5) is 0 Å². The zero-order valence-electron chi connectivity index (χ0n) is 10.7. The van der Waals surface area contributed by atoms with Gasteiger partial charge in [0, 0.05) is 18.2 Å². The predicted molar refractivity (Wildman–Crippen MR) is 71.5 cm³/mol. The molecular weight excluding hydrogens is 242 g/mol. The summed E-state index contributed by atoms with van der Waals surface area (Å²) in [5.41, 5.74) is 1.15. The molecule has 2 aromatic rings. The molecule has 0 aliphatic carbocycles. The standard InChI is InChI=1S/C15H15NO3/c1-19-15-8-4-5-11(16-15)9-10-14(18)12-6-2-3-7-13(12)17/h2-8,17H,9-10H2,1H3. The van der Waals surface area contributed by atoms with Gasteiger partial charge in [-0.1, -0.05) is 18.2 Å². The largest absolute Gasteiger partial charge is 0.507 e. The molecular formula is C15H15NO3. The first kappa shape index (κ1) is 13.1. The van der Waals surface area contributed by atoms with Crippen LogP contribution in [0, 0.1) is 0 Å². The zero-order valence-corrected chi connectivity index (χ0v) is 10.7. The molecule has 0 bridgehead atoms. The van der Waals surface area contributed by atoms with Crippen LogP contribution < -0.4 is 4.74 Å². The van der Waals surface area contributed by atoms with E-state index < -0.39 is 0 Å². The van der Waals surface area contributed by atoms with E-state index >= 15 is 0 Å². The molecule has 1 N–H and O–H groups in total. The molecule has 0 fully saturated rings. The van der Waals surface area contributed by atoms with E-state index in [9.17, 15) is 9.90 Å². The van der Waals surface area contributed by atoms with Crippen molar-refractivity contribution in [3.05, 3.63) is 53.7 Å². The van der Waals surface area contributed by atoms with Gasteiger partial charge in [-0.3, -0.25) is 4.79 Å². The molecule has 0 unspecified atom stereocenters. The molecule has 1 aromatic heterocycles. The zero-order chi connectivity index (χ0) is 13.7. The molecule has 0 saturated carbocycles. The highest BCUT2D eigenvalue weighted by molar-refractivity contribution is 5.98. The molecule has 0 radical (unpaired) electrons. The average Bonchev–Trinajstić information content (AvgIpc) is 2.45. The van der Waals surface area contributed by atoms with Gasteiger partial charge in [0.05, 0.1) is 12.7 Å². The Balaban J connectivity index is 2.02. The molecule has 4 nitrogen and oxygen atoms in total. The van der Waals surface area contributed by atoms with Crippen LogP contribution in [0.3, 0.4) is 0 Å². The molecule has 0 saturated heterocycles. The number of phenolic OH excluding ortho intramolecular Hbond substituents is 1. The minimum absolute atomic E-state index is 0.0195. The van der Waals surface area contributed by atoms with Crippen molar-refractivity contribution in [1.29, 1.82) is 0 Å². The Morgan fingerprint density at radius 2 is 2.00 bits per heavy atom. The highest BCUT2D eigenvalue weighted by Gasteiger charge is 2.10. The van der Waals surface area contributed by atoms with Crippen molar-refractivity contribution in [2.45, 2.75) is 12.8 Å². The van der Waals surface area contributed by atoms with Gasteiger partial charge in [0.25, 0.3) is 0 Å². The molecule has 0 aliphatic rings. The average molecular weight is 257 g/mol. The van der Waals surface area contributed by atoms with E-state index in [1.165, 1.54) is 6.07 Å². The minimum atomic E-state index is -0.0947. The second kappa shape index (κ2) is 6.00. The monoisotopic (exact) mass is 257 g/mol. The van der Waals surface area contributed by atoms with Crippen LogP contribution >= 0.6 is 0 Å². The topological polar surface area (TPSA) is 59.4 Å². The Morgan fingerprint density at radius 1 is 1.21 bits per heavy atom. The first-order valence-electron chi connectivity index (χ1n) is 6.02. The number of hydrogen-bond acceptors (Lipinski definition) is 4. The van der Waals surface area contributed by atoms with Gasteiger partial charge >= 0.3 is 0 Å². The van der Waals surface area contributed by atoms with Crippen molar-refractivity contribution >= 4 is 5.78 Å². The number of pyridine rings is 1. The third-order valence-electron chi connectivity index (χ3n) is 2.80. The second-order valence-corrected chi connectivity index (χ2v) is 4.11. The molecule has 98 valence electrons. The lowest BCUT2D eigenvalue weighted by molar-refractivity contribution is 0.0980. The Labute approximate surface area is 111 Å². The Hall–Kier alpha value is -2.36. The number of aromatic nitrogens is 1. The number of rotatable bonds is 5. The van der Waals surface area contributed by atoms with Crippen molar-refractivity contribution in [3.63, 3.8) is 0 Å². The van der Waals surface area contributed by atoms with Crippen molar-refractivity contribution in [2.24, 2.45) is 0 Å². The molecule has 0 amide bonds. The summed E-state index contributed by atoms with van der Waals surface area (Å²) in [5, 5.41) is 9.60. The van der Waals surface area contributed by atoms with Crippen molar-refractivity contribution in [2.75, 3.05) is 7.11 Å². The number of hydrogen-bond donors (Lipinski definition) is 1. The summed E-state index contributed by atoms with van der Waals surface area (Å²) in [6.07, 6.45) is 0.822. The Morgan fingerprint density at radius 3 is 2.74 bits per heavy atom. The van der Waals surface area contributed by atoms with Gasteiger partial charge < -0.3 is 9.84 Å². The van der Waals surface area contributed by atoms with Gasteiger partial charge in [-0.25, -0.2) is 4.98 Å². The van der Waals surface area contributed by atoms with Crippen molar-refractivity contribution in [3.8, 4) is 11.6 Å². The minimum Gasteiger partial charge on any atom is -0.507 e. The van der Waals surface area contributed by atoms with Crippen LogP contribution in [0.1, 0.15) is 22.5 Å². The van der Waals surface area contributed by atoms with E-state index in [1.54, 1.807) is 31.4 Å². The summed E-state index contributed by atoms with van der Waals surface area (Å²) in [7, 11) is 1.55. The molecule has 19 heavy (non-hydrogen) atoms. The number of ketones is 1. The third kappa shape index (κ3) is 3.31. The van der Waals surface area contributed by atoms with Gasteiger partial charge in [-0.05, 0) is 24.6 Å². The van der Waals surface area contributed by atoms with Gasteiger partial charge in [0.1, 0.15) is 5.75 Å². The number of carbonyl (C=O) groups excluding carboxylic acids is 1. The van der Waals surface area contributed by atoms with Crippen molar-refractivity contribution in [1.82, 2.24) is 4.98 Å². The maximum Gasteiger partial charge on any atom is 0.213 e. The highest BCUT2D eigenvalue weighted by atomic mass is 16.5. The van der Waals surface area contributed by atoms with Gasteiger partial charge in [-0.15, -0.1) is 0 Å². The summed E-state index contributed by atoms with van der Waals surface area (Å²) in [6.45, 7) is 0. The van der Waals surface area contributed by atoms with Gasteiger partial charge in [0.2, 0.25) is 5.88 Å². The molecule has 0 aliphatic heterocycles. The lowest BCUT2D eigenvalue weighted by Crippen LogP contribution is -2.03. The lowest BCUT2D eigenvalue weighted by atomic mass is 10.0. The number of benzene rings is 1. The molecule has 1 heterocycles. The number of aromatic hydroxyl groups is 1. The highest BCUT2D eigenvalue weighted by Crippen LogP contribution is 2.18. The summed E-state index contributed by atoms with van der Waals surface area (Å²) >= 11 is 0. The molecule has 0 atom stereocenters. The molecule has 4 heteroatoms. The van der Waals surface area contributed by atoms with Crippen LogP contribution in [-0.2, 0) is 6.42 Å². The van der Waals surface area contributed by atoms with Gasteiger partial charge in [-0.2, -0.15) is 0 Å². The summed E-state index contributed by atoms with van der Waals surface area (Å²) in [6, 6.07) is 12.0. The van der Waals surface area contributed by atoms with Crippen LogP contribution in [-0.4, -0.2) is 23.0 Å². The number of nitrogens with zero attached hydrogens (tertiary/aromatic N) is 1. The fourth-order valence-electron chi connectivity index (χ4n) is 1.80. The fourth-order valence-corrected chi connectivity index (χ4v) is 1.80. The normalized spacial score (nSPS) is 10.2. The number of aryl methyl sites for hydroxylation is 1. The van der Waals surface area contributed by atoms with E-state index in [0.717, 1.165) is 5.69 Å². The van der Waals surface area contributed by atoms with Crippen LogP contribution in [0.2, 0.25) is 0 Å². The molecule has 1 aromatic carbocycles. The van der Waals surface area contributed by atoms with Crippen molar-refractivity contribution < 1.29 is 14.6 Å². The number of ether oxygens (including phenoxy) is 1. The number of carbonyl (C=O) groups is 1. The smallest absolute Gasteiger partial charge is 0.213 e. The third-order valence-corrected chi connectivity index (χ3v) is 2.80. The lowest BCUT2D eigenvalue weighted by Gasteiger charge is -2.04. The maximum absolute atomic E-state index is 12.0. The number of para-hydroxylation sites is 1. The van der Waals surface area contributed by atoms with E-state index in [4.69, 9.17) is 4.74 Å². The number of Topliss-reactive ketones (excluding diaryl/α,β-unsaturated/α-hetero) is 1. The number of methoxy groups -OCH3 is 1. The first-order valence-corrected chi connectivity index (χ1v) is 6.02. The van der Waals surface area contributed by atoms with Crippen LogP contribution in [0.25, 0.3) is 0 Å². The van der Waals surface area contributed by atoms with E-state index in [0.29, 0.717) is 24.3 Å². The van der Waals surface area contributed by atoms with Crippen LogP contribution in [0.5, 0.6) is 11.6 Å². The first-order chi connectivity index (χ1) is 9.20. The fraction of sp³-hybridized carbons (Fsp3) is 0.200. The molecule has 0 spiro atoms. The molecule has 2 rings (SSSR count). The summed E-state index contributed by atoms with van der Waals surface area (Å²) < 4.78 is 5.03. The van der Waals surface area contributed by atoms with E-state index in [-0.39, 0.29) is 11.5 Å². The maximum atomic E-state index is 12.0. The summed E-state index contributed by atoms with van der Waals surface area (Å²) in [4.78, 5) is 16.2. The second-order valence-electron chi connectivity index (χ2n) is 4.11.